The zero-order valence-corrected chi connectivity index (χ0v) is 19.6. The molecule has 1 N–H and O–H groups in total. The number of para-hydroxylation sites is 1. The highest BCUT2D eigenvalue weighted by atomic mass is 32.1. The number of carbonyl (C=O) groups excluding carboxylic acids is 1. The Kier molecular flexibility index (Phi) is 5.84. The summed E-state index contributed by atoms with van der Waals surface area (Å²) in [5.41, 5.74) is 2.61. The summed E-state index contributed by atoms with van der Waals surface area (Å²) in [6, 6.07) is 18.4. The average Bonchev–Trinajstić information content (AvgIpc) is 3.33. The van der Waals surface area contributed by atoms with E-state index in [1.54, 1.807) is 60.8 Å². The first-order chi connectivity index (χ1) is 16.9. The molecule has 7 nitrogen and oxygen atoms in total. The number of fused-ring (bicyclic) bond motifs is 1. The zero-order valence-electron chi connectivity index (χ0n) is 18.8. The highest BCUT2D eigenvalue weighted by Crippen LogP contribution is 2.28. The van der Waals surface area contributed by atoms with Crippen LogP contribution in [-0.2, 0) is 0 Å². The summed E-state index contributed by atoms with van der Waals surface area (Å²) in [4.78, 5) is 34.6. The molecule has 0 radical (unpaired) electrons. The molecule has 0 aliphatic heterocycles. The molecular formula is C26H19FN4O3S. The number of anilines is 1. The molecule has 9 heteroatoms. The predicted molar refractivity (Wildman–Crippen MR) is 134 cm³/mol. The molecule has 0 fully saturated rings. The Morgan fingerprint density at radius 2 is 1.83 bits per heavy atom. The van der Waals surface area contributed by atoms with Gasteiger partial charge in [-0.15, -0.1) is 11.3 Å². The molecule has 0 spiro atoms. The number of aromatic nitrogens is 3. The minimum absolute atomic E-state index is 0.151. The van der Waals surface area contributed by atoms with Crippen LogP contribution in [0.5, 0.6) is 5.75 Å². The van der Waals surface area contributed by atoms with E-state index in [1.807, 2.05) is 6.07 Å². The molecule has 5 rings (SSSR count). The summed E-state index contributed by atoms with van der Waals surface area (Å²) in [5.74, 6) is -0.132. The number of amides is 1. The first-order valence-electron chi connectivity index (χ1n) is 10.6. The van der Waals surface area contributed by atoms with Crippen LogP contribution in [0.15, 0.2) is 76.9 Å². The Morgan fingerprint density at radius 3 is 2.57 bits per heavy atom. The second-order valence-corrected chi connectivity index (χ2v) is 8.56. The Bertz CT molecular complexity index is 1630. The molecule has 1 amide bonds. The van der Waals surface area contributed by atoms with Crippen molar-refractivity contribution < 1.29 is 13.9 Å². The fraction of sp³-hybridized carbons (Fsp3) is 0.0769. The van der Waals surface area contributed by atoms with Gasteiger partial charge in [-0.1, -0.05) is 12.1 Å². The molecule has 0 unspecified atom stereocenters. The van der Waals surface area contributed by atoms with Gasteiger partial charge in [0.1, 0.15) is 5.82 Å². The minimum Gasteiger partial charge on any atom is -0.494 e. The maximum atomic E-state index is 14.0. The van der Waals surface area contributed by atoms with Gasteiger partial charge in [-0.2, -0.15) is 0 Å². The lowest BCUT2D eigenvalue weighted by molar-refractivity contribution is 0.102. The predicted octanol–water partition coefficient (Wildman–Crippen LogP) is 5.22. The number of hydrogen-bond donors (Lipinski definition) is 1. The summed E-state index contributed by atoms with van der Waals surface area (Å²) in [7, 11) is 1.40. The Labute approximate surface area is 203 Å². The molecule has 35 heavy (non-hydrogen) atoms. The van der Waals surface area contributed by atoms with Gasteiger partial charge in [-0.05, 0) is 61.5 Å². The Balaban J connectivity index is 1.36. The SMILES string of the molecule is COc1ccc(-c2csc(NC(=O)c3ccc(-n4c(C)nc5ccccc5c4=O)cc3)n2)cc1F. The lowest BCUT2D eigenvalue weighted by atomic mass is 10.1. The van der Waals surface area contributed by atoms with Crippen molar-refractivity contribution in [2.24, 2.45) is 0 Å². The molecule has 5 aromatic rings. The van der Waals surface area contributed by atoms with Crippen molar-refractivity contribution in [3.63, 3.8) is 0 Å². The number of methoxy groups -OCH3 is 1. The highest BCUT2D eigenvalue weighted by molar-refractivity contribution is 7.14. The van der Waals surface area contributed by atoms with Crippen molar-refractivity contribution in [3.8, 4) is 22.7 Å². The fourth-order valence-electron chi connectivity index (χ4n) is 3.77. The van der Waals surface area contributed by atoms with Gasteiger partial charge < -0.3 is 4.74 Å². The van der Waals surface area contributed by atoms with E-state index in [0.717, 1.165) is 0 Å². The summed E-state index contributed by atoms with van der Waals surface area (Å²) in [6.07, 6.45) is 0. The smallest absolute Gasteiger partial charge is 0.265 e. The van der Waals surface area contributed by atoms with Crippen LogP contribution in [0.25, 0.3) is 27.8 Å². The maximum Gasteiger partial charge on any atom is 0.265 e. The number of thiazole rings is 1. The standard InChI is InChI=1S/C26H19FN4O3S/c1-15-28-21-6-4-3-5-19(21)25(33)31(15)18-10-7-16(8-11-18)24(32)30-26-29-22(14-35-26)17-9-12-23(34-2)20(27)13-17/h3-14H,1-2H3,(H,29,30,32). The first-order valence-corrected chi connectivity index (χ1v) is 11.5. The van der Waals surface area contributed by atoms with Crippen LogP contribution in [0.1, 0.15) is 16.2 Å². The van der Waals surface area contributed by atoms with Gasteiger partial charge in [0.05, 0.1) is 29.4 Å². The van der Waals surface area contributed by atoms with Crippen LogP contribution in [-0.4, -0.2) is 27.6 Å². The molecule has 0 atom stereocenters. The van der Waals surface area contributed by atoms with E-state index in [1.165, 1.54) is 35.1 Å². The van der Waals surface area contributed by atoms with E-state index in [-0.39, 0.29) is 17.2 Å². The number of hydrogen-bond acceptors (Lipinski definition) is 6. The van der Waals surface area contributed by atoms with Gasteiger partial charge in [0.15, 0.2) is 16.7 Å². The second-order valence-electron chi connectivity index (χ2n) is 7.70. The van der Waals surface area contributed by atoms with Gasteiger partial charge in [-0.3, -0.25) is 19.5 Å². The molecule has 0 bridgehead atoms. The van der Waals surface area contributed by atoms with Gasteiger partial charge in [0.25, 0.3) is 11.5 Å². The molecular weight excluding hydrogens is 467 g/mol. The van der Waals surface area contributed by atoms with Gasteiger partial charge in [0, 0.05) is 16.5 Å². The monoisotopic (exact) mass is 486 g/mol. The largest absolute Gasteiger partial charge is 0.494 e. The van der Waals surface area contributed by atoms with E-state index >= 15 is 0 Å². The van der Waals surface area contributed by atoms with Crippen molar-refractivity contribution in [2.75, 3.05) is 12.4 Å². The van der Waals surface area contributed by atoms with Crippen molar-refractivity contribution >= 4 is 33.3 Å². The fourth-order valence-corrected chi connectivity index (χ4v) is 4.48. The molecule has 3 aromatic carbocycles. The summed E-state index contributed by atoms with van der Waals surface area (Å²) in [6.45, 7) is 1.77. The van der Waals surface area contributed by atoms with E-state index < -0.39 is 5.82 Å². The number of nitrogens with zero attached hydrogens (tertiary/aromatic N) is 3. The summed E-state index contributed by atoms with van der Waals surface area (Å²) >= 11 is 1.24. The van der Waals surface area contributed by atoms with Crippen LogP contribution in [0.4, 0.5) is 9.52 Å². The van der Waals surface area contributed by atoms with Gasteiger partial charge >= 0.3 is 0 Å². The molecule has 2 aromatic heterocycles. The first kappa shape index (κ1) is 22.4. The normalized spacial score (nSPS) is 10.9. The van der Waals surface area contributed by atoms with Crippen LogP contribution in [0.3, 0.4) is 0 Å². The van der Waals surface area contributed by atoms with E-state index in [2.05, 4.69) is 15.3 Å². The van der Waals surface area contributed by atoms with Crippen molar-refractivity contribution in [3.05, 3.63) is 99.7 Å². The molecule has 2 heterocycles. The number of nitrogens with one attached hydrogen (secondary N) is 1. The molecule has 0 saturated heterocycles. The van der Waals surface area contributed by atoms with E-state index in [0.29, 0.717) is 44.4 Å². The third-order valence-electron chi connectivity index (χ3n) is 5.50. The van der Waals surface area contributed by atoms with E-state index in [4.69, 9.17) is 4.74 Å². The third-order valence-corrected chi connectivity index (χ3v) is 6.26. The number of ether oxygens (including phenoxy) is 1. The Hall–Kier alpha value is -4.37. The van der Waals surface area contributed by atoms with Crippen molar-refractivity contribution in [1.29, 1.82) is 0 Å². The minimum atomic E-state index is -0.486. The zero-order chi connectivity index (χ0) is 24.5. The number of rotatable bonds is 5. The van der Waals surface area contributed by atoms with Crippen molar-refractivity contribution in [2.45, 2.75) is 6.92 Å². The molecule has 0 aliphatic carbocycles. The summed E-state index contributed by atoms with van der Waals surface area (Å²) in [5, 5.41) is 5.41. The van der Waals surface area contributed by atoms with Crippen molar-refractivity contribution in [1.82, 2.24) is 14.5 Å². The number of halogens is 1. The Morgan fingerprint density at radius 1 is 1.06 bits per heavy atom. The number of benzene rings is 3. The second kappa shape index (κ2) is 9.11. The van der Waals surface area contributed by atoms with Crippen LogP contribution in [0.2, 0.25) is 0 Å². The lowest BCUT2D eigenvalue weighted by Gasteiger charge is -2.11. The number of carbonyl (C=O) groups is 1. The maximum absolute atomic E-state index is 14.0. The topological polar surface area (TPSA) is 86.1 Å². The van der Waals surface area contributed by atoms with Gasteiger partial charge in [-0.25, -0.2) is 14.4 Å². The number of aryl methyl sites for hydroxylation is 1. The molecule has 174 valence electrons. The van der Waals surface area contributed by atoms with Crippen LogP contribution < -0.4 is 15.6 Å². The van der Waals surface area contributed by atoms with Gasteiger partial charge in [0.2, 0.25) is 0 Å². The average molecular weight is 487 g/mol. The van der Waals surface area contributed by atoms with Crippen LogP contribution in [0, 0.1) is 12.7 Å². The highest BCUT2D eigenvalue weighted by Gasteiger charge is 2.14. The summed E-state index contributed by atoms with van der Waals surface area (Å²) < 4.78 is 20.5. The van der Waals surface area contributed by atoms with Crippen LogP contribution >= 0.6 is 11.3 Å². The van der Waals surface area contributed by atoms with E-state index in [9.17, 15) is 14.0 Å². The lowest BCUT2D eigenvalue weighted by Crippen LogP contribution is -2.22. The quantitative estimate of drug-likeness (QED) is 0.368. The molecule has 0 aliphatic rings. The molecule has 0 saturated carbocycles. The third kappa shape index (κ3) is 4.29.